The maximum Gasteiger partial charge on any atom is 0.323 e. The van der Waals surface area contributed by atoms with Crippen molar-refractivity contribution in [3.63, 3.8) is 0 Å². The van der Waals surface area contributed by atoms with E-state index in [2.05, 4.69) is 27.2 Å². The molecular weight excluding hydrogens is 254 g/mol. The normalized spacial score (nSPS) is 10.8. The molecule has 114 valence electrons. The Bertz CT molecular complexity index is 384. The number of nitrogen functional groups attached to an aromatic ring is 1. The van der Waals surface area contributed by atoms with Crippen molar-refractivity contribution in [1.82, 2.24) is 15.0 Å². The van der Waals surface area contributed by atoms with Crippen LogP contribution in [0.3, 0.4) is 0 Å². The molecule has 1 rings (SSSR count). The number of anilines is 2. The first-order valence-corrected chi connectivity index (χ1v) is 7.54. The highest BCUT2D eigenvalue weighted by Gasteiger charge is 2.06. The molecule has 1 aromatic heterocycles. The number of nitrogens with zero attached hydrogens (tertiary/aromatic N) is 3. The van der Waals surface area contributed by atoms with Crippen molar-refractivity contribution in [2.75, 3.05) is 17.6 Å². The van der Waals surface area contributed by atoms with Gasteiger partial charge in [0.05, 0.1) is 6.10 Å². The minimum absolute atomic E-state index is 0.0169. The van der Waals surface area contributed by atoms with Crippen LogP contribution in [0.15, 0.2) is 0 Å². The molecule has 0 radical (unpaired) electrons. The van der Waals surface area contributed by atoms with E-state index in [9.17, 15) is 0 Å². The standard InChI is InChI=1S/C14H27N5O/c1-4-5-6-7-8-9-10-16-13-17-12(15)18-14(19-13)20-11(2)3/h11H,4-10H2,1-3H3,(H3,15,16,17,18,19). The third kappa shape index (κ3) is 7.11. The highest BCUT2D eigenvalue weighted by Crippen LogP contribution is 2.11. The van der Waals surface area contributed by atoms with Crippen molar-refractivity contribution in [2.24, 2.45) is 0 Å². The summed E-state index contributed by atoms with van der Waals surface area (Å²) in [6.45, 7) is 6.91. The summed E-state index contributed by atoms with van der Waals surface area (Å²) in [7, 11) is 0. The summed E-state index contributed by atoms with van der Waals surface area (Å²) in [6.07, 6.45) is 7.56. The Morgan fingerprint density at radius 2 is 1.75 bits per heavy atom. The Hall–Kier alpha value is -1.59. The van der Waals surface area contributed by atoms with E-state index < -0.39 is 0 Å². The van der Waals surface area contributed by atoms with Gasteiger partial charge in [0, 0.05) is 6.54 Å². The zero-order chi connectivity index (χ0) is 14.8. The maximum atomic E-state index is 5.64. The summed E-state index contributed by atoms with van der Waals surface area (Å²) in [4.78, 5) is 12.2. The topological polar surface area (TPSA) is 86.0 Å². The molecule has 0 spiro atoms. The molecule has 0 aliphatic heterocycles. The van der Waals surface area contributed by atoms with Gasteiger partial charge in [-0.2, -0.15) is 15.0 Å². The fourth-order valence-corrected chi connectivity index (χ4v) is 1.82. The number of nitrogens with one attached hydrogen (secondary N) is 1. The molecule has 0 aromatic carbocycles. The molecule has 20 heavy (non-hydrogen) atoms. The summed E-state index contributed by atoms with van der Waals surface area (Å²) >= 11 is 0. The second-order valence-corrected chi connectivity index (χ2v) is 5.16. The van der Waals surface area contributed by atoms with E-state index in [4.69, 9.17) is 10.5 Å². The van der Waals surface area contributed by atoms with Crippen LogP contribution in [0, 0.1) is 0 Å². The summed E-state index contributed by atoms with van der Waals surface area (Å²) in [5, 5.41) is 3.17. The van der Waals surface area contributed by atoms with Gasteiger partial charge in [-0.15, -0.1) is 0 Å². The maximum absolute atomic E-state index is 5.64. The lowest BCUT2D eigenvalue weighted by molar-refractivity contribution is 0.222. The fourth-order valence-electron chi connectivity index (χ4n) is 1.82. The molecule has 6 heteroatoms. The molecule has 0 saturated carbocycles. The highest BCUT2D eigenvalue weighted by atomic mass is 16.5. The quantitative estimate of drug-likeness (QED) is 0.641. The molecule has 0 aliphatic rings. The van der Waals surface area contributed by atoms with Gasteiger partial charge in [0.25, 0.3) is 0 Å². The van der Waals surface area contributed by atoms with Crippen LogP contribution in [-0.2, 0) is 0 Å². The minimum Gasteiger partial charge on any atom is -0.461 e. The number of hydrogen-bond acceptors (Lipinski definition) is 6. The lowest BCUT2D eigenvalue weighted by Gasteiger charge is -2.10. The number of rotatable bonds is 10. The monoisotopic (exact) mass is 281 g/mol. The lowest BCUT2D eigenvalue weighted by Crippen LogP contribution is -2.13. The molecule has 0 aliphatic carbocycles. The minimum atomic E-state index is 0.0169. The van der Waals surface area contributed by atoms with Gasteiger partial charge in [0.2, 0.25) is 11.9 Å². The molecule has 0 unspecified atom stereocenters. The van der Waals surface area contributed by atoms with E-state index in [1.54, 1.807) is 0 Å². The number of unbranched alkanes of at least 4 members (excludes halogenated alkanes) is 5. The molecule has 0 atom stereocenters. The molecule has 0 saturated heterocycles. The largest absolute Gasteiger partial charge is 0.461 e. The fraction of sp³-hybridized carbons (Fsp3) is 0.786. The van der Waals surface area contributed by atoms with Crippen molar-refractivity contribution in [2.45, 2.75) is 65.4 Å². The summed E-state index contributed by atoms with van der Waals surface area (Å²) in [6, 6.07) is 0.276. The summed E-state index contributed by atoms with van der Waals surface area (Å²) < 4.78 is 5.43. The Balaban J connectivity index is 2.30. The smallest absolute Gasteiger partial charge is 0.323 e. The van der Waals surface area contributed by atoms with Crippen molar-refractivity contribution in [3.05, 3.63) is 0 Å². The van der Waals surface area contributed by atoms with Gasteiger partial charge in [-0.25, -0.2) is 0 Å². The number of aromatic nitrogens is 3. The van der Waals surface area contributed by atoms with E-state index in [1.165, 1.54) is 32.1 Å². The van der Waals surface area contributed by atoms with Gasteiger partial charge in [-0.05, 0) is 20.3 Å². The summed E-state index contributed by atoms with van der Waals surface area (Å²) in [5.74, 6) is 0.669. The van der Waals surface area contributed by atoms with Crippen LogP contribution in [0.4, 0.5) is 11.9 Å². The number of hydrogen-bond donors (Lipinski definition) is 2. The van der Waals surface area contributed by atoms with Crippen LogP contribution < -0.4 is 15.8 Å². The van der Waals surface area contributed by atoms with Crippen LogP contribution in [0.2, 0.25) is 0 Å². The van der Waals surface area contributed by atoms with Gasteiger partial charge in [-0.3, -0.25) is 0 Å². The van der Waals surface area contributed by atoms with Gasteiger partial charge in [0.15, 0.2) is 0 Å². The van der Waals surface area contributed by atoms with Crippen molar-refractivity contribution >= 4 is 11.9 Å². The first-order valence-electron chi connectivity index (χ1n) is 7.54. The van der Waals surface area contributed by atoms with Crippen LogP contribution in [0.1, 0.15) is 59.3 Å². The van der Waals surface area contributed by atoms with Gasteiger partial charge < -0.3 is 15.8 Å². The molecular formula is C14H27N5O. The van der Waals surface area contributed by atoms with Gasteiger partial charge in [0.1, 0.15) is 0 Å². The molecule has 1 aromatic rings. The molecule has 6 nitrogen and oxygen atoms in total. The molecule has 0 amide bonds. The first-order chi connectivity index (χ1) is 9.61. The highest BCUT2D eigenvalue weighted by molar-refractivity contribution is 5.32. The van der Waals surface area contributed by atoms with E-state index in [0.717, 1.165) is 13.0 Å². The lowest BCUT2D eigenvalue weighted by atomic mass is 10.1. The molecule has 1 heterocycles. The Labute approximate surface area is 121 Å². The van der Waals surface area contributed by atoms with Crippen molar-refractivity contribution < 1.29 is 4.74 Å². The molecule has 0 fully saturated rings. The third-order valence-electron chi connectivity index (χ3n) is 2.79. The zero-order valence-corrected chi connectivity index (χ0v) is 12.9. The predicted octanol–water partition coefficient (Wildman–Crippen LogP) is 3.01. The van der Waals surface area contributed by atoms with Gasteiger partial charge >= 0.3 is 6.01 Å². The van der Waals surface area contributed by atoms with Gasteiger partial charge in [-0.1, -0.05) is 39.0 Å². The first kappa shape index (κ1) is 16.5. The third-order valence-corrected chi connectivity index (χ3v) is 2.79. The van der Waals surface area contributed by atoms with Crippen LogP contribution in [0.5, 0.6) is 6.01 Å². The Morgan fingerprint density at radius 3 is 2.45 bits per heavy atom. The number of nitrogens with two attached hydrogens (primary N) is 1. The zero-order valence-electron chi connectivity index (χ0n) is 12.9. The van der Waals surface area contributed by atoms with E-state index in [1.807, 2.05) is 13.8 Å². The average Bonchev–Trinajstić information content (AvgIpc) is 2.36. The van der Waals surface area contributed by atoms with Crippen LogP contribution in [-0.4, -0.2) is 27.6 Å². The Kier molecular flexibility index (Phi) is 7.69. The SMILES string of the molecule is CCCCCCCCNc1nc(N)nc(OC(C)C)n1. The van der Waals surface area contributed by atoms with Crippen molar-refractivity contribution in [1.29, 1.82) is 0 Å². The van der Waals surface area contributed by atoms with E-state index >= 15 is 0 Å². The second kappa shape index (κ2) is 9.34. The van der Waals surface area contributed by atoms with E-state index in [0.29, 0.717) is 5.95 Å². The predicted molar refractivity (Wildman–Crippen MR) is 81.9 cm³/mol. The average molecular weight is 281 g/mol. The number of ether oxygens (including phenoxy) is 1. The second-order valence-electron chi connectivity index (χ2n) is 5.16. The van der Waals surface area contributed by atoms with Crippen LogP contribution in [0.25, 0.3) is 0 Å². The van der Waals surface area contributed by atoms with Crippen LogP contribution >= 0.6 is 0 Å². The van der Waals surface area contributed by atoms with Crippen molar-refractivity contribution in [3.8, 4) is 6.01 Å². The molecule has 0 bridgehead atoms. The molecule has 3 N–H and O–H groups in total. The summed E-state index contributed by atoms with van der Waals surface area (Å²) in [5.41, 5.74) is 5.64. The Morgan fingerprint density at radius 1 is 1.05 bits per heavy atom. The van der Waals surface area contributed by atoms with E-state index in [-0.39, 0.29) is 18.1 Å².